The second-order valence-electron chi connectivity index (χ2n) is 6.00. The number of amides is 1. The number of ether oxygens (including phenoxy) is 3. The molecular weight excluding hydrogens is 435 g/mol. The van der Waals surface area contributed by atoms with Crippen molar-refractivity contribution in [2.45, 2.75) is 26.1 Å². The van der Waals surface area contributed by atoms with Crippen LogP contribution in [0, 0.1) is 0 Å². The van der Waals surface area contributed by atoms with Crippen molar-refractivity contribution in [3.63, 3.8) is 0 Å². The van der Waals surface area contributed by atoms with Crippen LogP contribution in [-0.4, -0.2) is 48.7 Å². The molecule has 0 radical (unpaired) electrons. The topological polar surface area (TPSA) is 119 Å². The van der Waals surface area contributed by atoms with Gasteiger partial charge in [-0.25, -0.2) is 4.99 Å². The third-order valence-electron chi connectivity index (χ3n) is 3.61. The van der Waals surface area contributed by atoms with Crippen LogP contribution in [0.3, 0.4) is 0 Å². The minimum absolute atomic E-state index is 0.0835. The monoisotopic (exact) mass is 457 g/mol. The lowest BCUT2D eigenvalue weighted by molar-refractivity contribution is -0.274. The van der Waals surface area contributed by atoms with E-state index in [1.807, 2.05) is 0 Å². The fraction of sp³-hybridized carbons (Fsp3) is 0.300. The third-order valence-corrected chi connectivity index (χ3v) is 3.61. The summed E-state index contributed by atoms with van der Waals surface area (Å²) in [4.78, 5) is 26.9. The number of rotatable bonds is 10. The molecule has 0 aliphatic heterocycles. The van der Waals surface area contributed by atoms with Gasteiger partial charge < -0.3 is 24.7 Å². The fourth-order valence-corrected chi connectivity index (χ4v) is 2.12. The minimum atomic E-state index is -4.77. The van der Waals surface area contributed by atoms with E-state index in [0.717, 1.165) is 0 Å². The molecule has 0 aromatic heterocycles. The number of aryl methyl sites for hydroxylation is 1. The van der Waals surface area contributed by atoms with E-state index in [2.05, 4.69) is 31.5 Å². The second-order valence-corrected chi connectivity index (χ2v) is 6.00. The Labute approximate surface area is 181 Å². The standard InChI is InChI=1S/C20H22F3N3O6/c1-4-16(19(28)25-12-18(27)30-3)24-11-13(2)31-17(26-29)10-7-14-5-8-15(9-6-14)32-20(21,22)23/h4-6,8-9,11,29H,1,7,10,12H2,2-3H3,(H,25,28)/b13-11+,24-16?,26-17+. The Morgan fingerprint density at radius 1 is 1.25 bits per heavy atom. The zero-order valence-corrected chi connectivity index (χ0v) is 17.3. The average Bonchev–Trinajstić information content (AvgIpc) is 2.75. The van der Waals surface area contributed by atoms with Crippen LogP contribution in [0.25, 0.3) is 0 Å². The van der Waals surface area contributed by atoms with Crippen LogP contribution in [0.4, 0.5) is 13.2 Å². The molecule has 12 heteroatoms. The summed E-state index contributed by atoms with van der Waals surface area (Å²) in [5, 5.41) is 14.4. The Hall–Kier alpha value is -3.83. The van der Waals surface area contributed by atoms with Crippen LogP contribution >= 0.6 is 0 Å². The summed E-state index contributed by atoms with van der Waals surface area (Å²) in [7, 11) is 1.18. The number of hydrogen-bond acceptors (Lipinski definition) is 8. The third kappa shape index (κ3) is 10.3. The lowest BCUT2D eigenvalue weighted by atomic mass is 10.1. The van der Waals surface area contributed by atoms with Gasteiger partial charge in [-0.3, -0.25) is 9.59 Å². The Bertz CT molecular complexity index is 893. The van der Waals surface area contributed by atoms with Crippen molar-refractivity contribution in [3.05, 3.63) is 54.4 Å². The molecule has 2 N–H and O–H groups in total. The van der Waals surface area contributed by atoms with Gasteiger partial charge in [-0.2, -0.15) is 0 Å². The van der Waals surface area contributed by atoms with Gasteiger partial charge in [0, 0.05) is 6.42 Å². The number of hydrogen-bond donors (Lipinski definition) is 2. The van der Waals surface area contributed by atoms with Crippen molar-refractivity contribution < 1.29 is 42.2 Å². The van der Waals surface area contributed by atoms with E-state index in [4.69, 9.17) is 9.94 Å². The number of methoxy groups -OCH3 is 1. The molecule has 1 aromatic rings. The summed E-state index contributed by atoms with van der Waals surface area (Å²) < 4.78 is 50.1. The molecule has 9 nitrogen and oxygen atoms in total. The maximum Gasteiger partial charge on any atom is 0.573 e. The van der Waals surface area contributed by atoms with E-state index >= 15 is 0 Å². The van der Waals surface area contributed by atoms with Crippen molar-refractivity contribution >= 4 is 23.5 Å². The maximum absolute atomic E-state index is 12.2. The number of allylic oxidation sites excluding steroid dienone is 1. The van der Waals surface area contributed by atoms with Gasteiger partial charge in [0.2, 0.25) is 5.90 Å². The van der Waals surface area contributed by atoms with Gasteiger partial charge in [0.25, 0.3) is 5.91 Å². The largest absolute Gasteiger partial charge is 0.573 e. The number of nitrogens with one attached hydrogen (secondary N) is 1. The molecule has 1 aromatic carbocycles. The minimum Gasteiger partial charge on any atom is -0.468 e. The summed E-state index contributed by atoms with van der Waals surface area (Å²) >= 11 is 0. The van der Waals surface area contributed by atoms with Crippen LogP contribution in [0.1, 0.15) is 18.9 Å². The molecule has 1 amide bonds. The molecule has 0 saturated carbocycles. The van der Waals surface area contributed by atoms with Gasteiger partial charge in [0.1, 0.15) is 23.8 Å². The number of oxime groups is 1. The smallest absolute Gasteiger partial charge is 0.468 e. The number of benzene rings is 1. The molecule has 0 spiro atoms. The lowest BCUT2D eigenvalue weighted by Gasteiger charge is -2.10. The number of alkyl halides is 3. The first kappa shape index (κ1) is 26.2. The van der Waals surface area contributed by atoms with Crippen molar-refractivity contribution in [3.8, 4) is 5.75 Å². The summed E-state index contributed by atoms with van der Waals surface area (Å²) in [6.07, 6.45) is -1.99. The Morgan fingerprint density at radius 2 is 1.91 bits per heavy atom. The molecule has 0 unspecified atom stereocenters. The summed E-state index contributed by atoms with van der Waals surface area (Å²) in [5.41, 5.74) is 0.556. The van der Waals surface area contributed by atoms with E-state index in [9.17, 15) is 22.8 Å². The summed E-state index contributed by atoms with van der Waals surface area (Å²) in [5.74, 6) is -1.56. The Morgan fingerprint density at radius 3 is 2.44 bits per heavy atom. The number of carbonyl (C=O) groups is 2. The highest BCUT2D eigenvalue weighted by molar-refractivity contribution is 6.43. The van der Waals surface area contributed by atoms with E-state index in [-0.39, 0.29) is 36.1 Å². The van der Waals surface area contributed by atoms with Crippen LogP contribution < -0.4 is 10.1 Å². The molecule has 0 fully saturated rings. The molecule has 174 valence electrons. The van der Waals surface area contributed by atoms with Crippen LogP contribution in [0.5, 0.6) is 5.75 Å². The highest BCUT2D eigenvalue weighted by atomic mass is 19.4. The van der Waals surface area contributed by atoms with Gasteiger partial charge in [-0.1, -0.05) is 23.9 Å². The molecule has 1 rings (SSSR count). The van der Waals surface area contributed by atoms with E-state index in [1.165, 1.54) is 50.6 Å². The van der Waals surface area contributed by atoms with Crippen molar-refractivity contribution in [2.75, 3.05) is 13.7 Å². The first-order valence-electron chi connectivity index (χ1n) is 9.03. The van der Waals surface area contributed by atoms with Gasteiger partial charge in [-0.05, 0) is 37.1 Å². The van der Waals surface area contributed by atoms with Crippen LogP contribution in [0.2, 0.25) is 0 Å². The normalized spacial score (nSPS) is 12.7. The molecular formula is C20H22F3N3O6. The number of halogens is 3. The average molecular weight is 457 g/mol. The number of carbonyl (C=O) groups excluding carboxylic acids is 2. The van der Waals surface area contributed by atoms with Crippen molar-refractivity contribution in [1.29, 1.82) is 0 Å². The number of esters is 1. The number of nitrogens with zero attached hydrogens (tertiary/aromatic N) is 2. The lowest BCUT2D eigenvalue weighted by Crippen LogP contribution is -2.34. The molecule has 0 atom stereocenters. The first-order chi connectivity index (χ1) is 15.1. The Balaban J connectivity index is 2.65. The summed E-state index contributed by atoms with van der Waals surface area (Å²) in [6, 6.07) is 5.21. The van der Waals surface area contributed by atoms with Crippen LogP contribution in [0.15, 0.2) is 59.0 Å². The summed E-state index contributed by atoms with van der Waals surface area (Å²) in [6.45, 7) is 4.61. The van der Waals surface area contributed by atoms with E-state index in [0.29, 0.717) is 12.0 Å². The van der Waals surface area contributed by atoms with E-state index in [1.54, 1.807) is 0 Å². The zero-order valence-electron chi connectivity index (χ0n) is 17.3. The van der Waals surface area contributed by atoms with Gasteiger partial charge in [0.15, 0.2) is 0 Å². The fourth-order valence-electron chi connectivity index (χ4n) is 2.12. The van der Waals surface area contributed by atoms with Crippen molar-refractivity contribution in [1.82, 2.24) is 5.32 Å². The second kappa shape index (κ2) is 12.8. The van der Waals surface area contributed by atoms with Gasteiger partial charge in [0.05, 0.1) is 13.3 Å². The highest BCUT2D eigenvalue weighted by Gasteiger charge is 2.30. The zero-order chi connectivity index (χ0) is 24.1. The molecule has 0 aliphatic rings. The first-order valence-corrected chi connectivity index (χ1v) is 9.03. The molecule has 0 bridgehead atoms. The molecule has 32 heavy (non-hydrogen) atoms. The maximum atomic E-state index is 12.2. The predicted octanol–water partition coefficient (Wildman–Crippen LogP) is 3.10. The van der Waals surface area contributed by atoms with E-state index < -0.39 is 18.2 Å². The quantitative estimate of drug-likeness (QED) is 0.139. The predicted molar refractivity (Wildman–Crippen MR) is 108 cm³/mol. The van der Waals surface area contributed by atoms with Gasteiger partial charge >= 0.3 is 12.3 Å². The highest BCUT2D eigenvalue weighted by Crippen LogP contribution is 2.23. The molecule has 0 aliphatic carbocycles. The van der Waals surface area contributed by atoms with Gasteiger partial charge in [-0.15, -0.1) is 13.2 Å². The van der Waals surface area contributed by atoms with Crippen LogP contribution in [-0.2, 0) is 25.5 Å². The number of aliphatic imine (C=N–C) groups is 1. The Kier molecular flexibility index (Phi) is 10.5. The molecule has 0 saturated heterocycles. The SMILES string of the molecule is C=CC(=N/C=C(\C)O/C(CCc1ccc(OC(F)(F)F)cc1)=N/O)C(=O)NCC(=O)OC. The van der Waals surface area contributed by atoms with Crippen molar-refractivity contribution in [2.24, 2.45) is 10.1 Å². The molecule has 0 heterocycles.